The highest BCUT2D eigenvalue weighted by molar-refractivity contribution is 7.90. The summed E-state index contributed by atoms with van der Waals surface area (Å²) in [6.07, 6.45) is 0.894. The van der Waals surface area contributed by atoms with Crippen LogP contribution in [0.5, 0.6) is 11.6 Å². The summed E-state index contributed by atoms with van der Waals surface area (Å²) in [7, 11) is -0.469. The van der Waals surface area contributed by atoms with Gasteiger partial charge in [0, 0.05) is 33.0 Å². The van der Waals surface area contributed by atoms with Crippen LogP contribution < -0.4 is 15.0 Å². The van der Waals surface area contributed by atoms with Crippen LogP contribution in [0.1, 0.15) is 11.1 Å². The lowest BCUT2D eigenvalue weighted by Gasteiger charge is -2.16. The monoisotopic (exact) mass is 468 g/mol. The molecule has 3 rings (SSSR count). The molecule has 0 bridgehead atoms. The topological polar surface area (TPSA) is 151 Å². The summed E-state index contributed by atoms with van der Waals surface area (Å²) < 4.78 is 30.0. The van der Waals surface area contributed by atoms with E-state index in [1.54, 1.807) is 43.3 Å². The number of anilines is 2. The average Bonchev–Trinajstić information content (AvgIpc) is 2.77. The Morgan fingerprint density at radius 1 is 1.18 bits per heavy atom. The van der Waals surface area contributed by atoms with E-state index < -0.39 is 31.5 Å². The van der Waals surface area contributed by atoms with Crippen molar-refractivity contribution in [1.82, 2.24) is 9.97 Å². The molecule has 0 saturated heterocycles. The molecule has 1 heterocycles. The lowest BCUT2D eigenvalue weighted by Crippen LogP contribution is -2.13. The lowest BCUT2D eigenvalue weighted by atomic mass is 10.2. The molecule has 2 aromatic carbocycles. The number of hydrogen-bond donors (Lipinski definition) is 1. The van der Waals surface area contributed by atoms with E-state index in [2.05, 4.69) is 15.3 Å². The van der Waals surface area contributed by atoms with Crippen LogP contribution in [0.2, 0.25) is 0 Å². The van der Waals surface area contributed by atoms with Gasteiger partial charge >= 0.3 is 11.6 Å². The first-order valence-electron chi connectivity index (χ1n) is 9.53. The molecule has 1 N–H and O–H groups in total. The number of nitrogens with zero attached hydrogens (tertiary/aromatic N) is 5. The fourth-order valence-electron chi connectivity index (χ4n) is 2.87. The molecule has 0 atom stereocenters. The van der Waals surface area contributed by atoms with E-state index in [-0.39, 0.29) is 18.1 Å². The van der Waals surface area contributed by atoms with Crippen LogP contribution in [0.25, 0.3) is 0 Å². The number of nitro groups is 1. The van der Waals surface area contributed by atoms with E-state index in [4.69, 9.17) is 4.74 Å². The van der Waals surface area contributed by atoms with Crippen LogP contribution in [-0.2, 0) is 16.4 Å². The van der Waals surface area contributed by atoms with Crippen LogP contribution in [0, 0.1) is 21.4 Å². The van der Waals surface area contributed by atoms with Crippen LogP contribution >= 0.6 is 0 Å². The van der Waals surface area contributed by atoms with E-state index in [0.717, 1.165) is 11.8 Å². The van der Waals surface area contributed by atoms with Crippen LogP contribution in [-0.4, -0.2) is 43.7 Å². The summed E-state index contributed by atoms with van der Waals surface area (Å²) in [5, 5.41) is 23.3. The zero-order chi connectivity index (χ0) is 24.2. The molecule has 170 valence electrons. The van der Waals surface area contributed by atoms with Crippen LogP contribution in [0.3, 0.4) is 0 Å². The van der Waals surface area contributed by atoms with Gasteiger partial charge in [-0.1, -0.05) is 30.3 Å². The molecule has 0 aliphatic rings. The second-order valence-corrected chi connectivity index (χ2v) is 9.07. The van der Waals surface area contributed by atoms with Crippen molar-refractivity contribution in [2.75, 3.05) is 30.6 Å². The van der Waals surface area contributed by atoms with Gasteiger partial charge in [0.25, 0.3) is 5.16 Å². The molecular formula is C21H20N6O5S. The Morgan fingerprint density at radius 2 is 1.88 bits per heavy atom. The third kappa shape index (κ3) is 5.52. The highest BCUT2D eigenvalue weighted by Gasteiger charge is 2.30. The number of aromatic nitrogens is 2. The van der Waals surface area contributed by atoms with Crippen LogP contribution in [0.4, 0.5) is 17.2 Å². The van der Waals surface area contributed by atoms with Gasteiger partial charge in [0.15, 0.2) is 0 Å². The number of ether oxygens (including phenoxy) is 1. The van der Waals surface area contributed by atoms with Gasteiger partial charge in [-0.2, -0.15) is 15.2 Å². The average molecular weight is 468 g/mol. The minimum Gasteiger partial charge on any atom is -0.433 e. The van der Waals surface area contributed by atoms with Crippen molar-refractivity contribution < 1.29 is 18.1 Å². The maximum atomic E-state index is 12.2. The molecule has 0 unspecified atom stereocenters. The van der Waals surface area contributed by atoms with E-state index in [9.17, 15) is 23.8 Å². The first kappa shape index (κ1) is 23.4. The highest BCUT2D eigenvalue weighted by Crippen LogP contribution is 2.37. The first-order valence-corrected chi connectivity index (χ1v) is 11.4. The van der Waals surface area contributed by atoms with Crippen LogP contribution in [0.15, 0.2) is 53.7 Å². The molecule has 0 aliphatic carbocycles. The molecule has 0 spiro atoms. The van der Waals surface area contributed by atoms with Crippen molar-refractivity contribution in [2.45, 2.75) is 11.7 Å². The summed E-state index contributed by atoms with van der Waals surface area (Å²) >= 11 is 0. The molecule has 1 aromatic heterocycles. The Kier molecular flexibility index (Phi) is 6.74. The van der Waals surface area contributed by atoms with E-state index in [1.165, 1.54) is 18.2 Å². The smallest absolute Gasteiger partial charge is 0.373 e. The summed E-state index contributed by atoms with van der Waals surface area (Å²) in [4.78, 5) is 20.5. The molecule has 33 heavy (non-hydrogen) atoms. The number of nitriles is 1. The second-order valence-electron chi connectivity index (χ2n) is 7.16. The van der Waals surface area contributed by atoms with Crippen molar-refractivity contribution in [3.05, 3.63) is 69.8 Å². The Balaban J connectivity index is 2.10. The van der Waals surface area contributed by atoms with E-state index >= 15 is 0 Å². The molecule has 0 saturated carbocycles. The predicted octanol–water partition coefficient (Wildman–Crippen LogP) is 3.13. The normalized spacial score (nSPS) is 10.8. The Hall–Kier alpha value is -4.24. The van der Waals surface area contributed by atoms with Crippen molar-refractivity contribution in [3.63, 3.8) is 0 Å². The van der Waals surface area contributed by atoms with Gasteiger partial charge in [0.2, 0.25) is 15.7 Å². The maximum Gasteiger partial charge on any atom is 0.373 e. The predicted molar refractivity (Wildman–Crippen MR) is 121 cm³/mol. The largest absolute Gasteiger partial charge is 0.433 e. The van der Waals surface area contributed by atoms with Gasteiger partial charge in [0.05, 0.1) is 16.2 Å². The first-order chi connectivity index (χ1) is 15.6. The molecule has 0 aliphatic heterocycles. The Bertz CT molecular complexity index is 1340. The molecule has 0 radical (unpaired) electrons. The Labute approximate surface area is 190 Å². The fourth-order valence-corrected chi connectivity index (χ4v) is 3.38. The van der Waals surface area contributed by atoms with E-state index in [1.807, 2.05) is 12.1 Å². The van der Waals surface area contributed by atoms with Crippen molar-refractivity contribution in [3.8, 4) is 17.7 Å². The Morgan fingerprint density at radius 3 is 2.45 bits per heavy atom. The molecular weight excluding hydrogens is 448 g/mol. The SMILES string of the molecule is CN(C)c1cc(Oc2nc(S(C)(=O)=O)nc(NCc3ccccc3)c2[N+](=O)[O-])ccc1C#N. The zero-order valence-corrected chi connectivity index (χ0v) is 18.8. The van der Waals surface area contributed by atoms with Crippen molar-refractivity contribution in [2.24, 2.45) is 0 Å². The zero-order valence-electron chi connectivity index (χ0n) is 18.0. The number of benzene rings is 2. The third-order valence-corrected chi connectivity index (χ3v) is 5.28. The van der Waals surface area contributed by atoms with Gasteiger partial charge < -0.3 is 15.0 Å². The summed E-state index contributed by atoms with van der Waals surface area (Å²) in [6.45, 7) is 0.156. The fraction of sp³-hybridized carbons (Fsp3) is 0.190. The van der Waals surface area contributed by atoms with Crippen molar-refractivity contribution >= 4 is 27.0 Å². The van der Waals surface area contributed by atoms with Gasteiger partial charge in [-0.15, -0.1) is 0 Å². The second kappa shape index (κ2) is 9.49. The van der Waals surface area contributed by atoms with Gasteiger partial charge in [-0.25, -0.2) is 8.42 Å². The number of hydrogen-bond acceptors (Lipinski definition) is 10. The highest BCUT2D eigenvalue weighted by atomic mass is 32.2. The number of sulfone groups is 1. The molecule has 0 amide bonds. The van der Waals surface area contributed by atoms with Gasteiger partial charge in [-0.3, -0.25) is 10.1 Å². The van der Waals surface area contributed by atoms with Gasteiger partial charge in [0.1, 0.15) is 11.8 Å². The maximum absolute atomic E-state index is 12.2. The third-order valence-electron chi connectivity index (χ3n) is 4.43. The minimum absolute atomic E-state index is 0.132. The molecule has 12 heteroatoms. The summed E-state index contributed by atoms with van der Waals surface area (Å²) in [5.74, 6) is -0.705. The van der Waals surface area contributed by atoms with E-state index in [0.29, 0.717) is 11.3 Å². The number of rotatable bonds is 8. The quantitative estimate of drug-likeness (QED) is 0.296. The molecule has 3 aromatic rings. The summed E-state index contributed by atoms with van der Waals surface area (Å²) in [6, 6.07) is 15.5. The lowest BCUT2D eigenvalue weighted by molar-refractivity contribution is -0.385. The minimum atomic E-state index is -3.91. The summed E-state index contributed by atoms with van der Waals surface area (Å²) in [5.41, 5.74) is 1.06. The van der Waals surface area contributed by atoms with Crippen molar-refractivity contribution in [1.29, 1.82) is 5.26 Å². The standard InChI is InChI=1S/C21H20N6O5S/c1-26(2)17-11-16(10-9-15(17)12-22)32-20-18(27(28)29)19(24-21(25-20)33(3,30)31)23-13-14-7-5-4-6-8-14/h4-11H,13H2,1-3H3,(H,23,24,25). The molecule has 0 fully saturated rings. The molecule has 11 nitrogen and oxygen atoms in total. The van der Waals surface area contributed by atoms with Gasteiger partial charge in [-0.05, 0) is 17.7 Å². The number of nitrogens with one attached hydrogen (secondary N) is 1.